The summed E-state index contributed by atoms with van der Waals surface area (Å²) in [6.45, 7) is 6.00. The number of thiophene rings is 1. The van der Waals surface area contributed by atoms with Crippen LogP contribution in [0.2, 0.25) is 0 Å². The second kappa shape index (κ2) is 8.21. The summed E-state index contributed by atoms with van der Waals surface area (Å²) in [5, 5.41) is 16.7. The highest BCUT2D eigenvalue weighted by Gasteiger charge is 2.27. The van der Waals surface area contributed by atoms with Crippen molar-refractivity contribution in [2.45, 2.75) is 26.2 Å². The Morgan fingerprint density at radius 1 is 1.29 bits per heavy atom. The Labute approximate surface area is 173 Å². The van der Waals surface area contributed by atoms with E-state index in [1.807, 2.05) is 61.9 Å². The molecule has 3 rings (SSSR count). The lowest BCUT2D eigenvalue weighted by Gasteiger charge is -2.28. The van der Waals surface area contributed by atoms with Crippen molar-refractivity contribution in [1.82, 2.24) is 4.90 Å². The van der Waals surface area contributed by atoms with Crippen molar-refractivity contribution in [2.75, 3.05) is 17.6 Å². The monoisotopic (exact) mass is 411 g/mol. The number of hydrogen-bond donors (Lipinski definition) is 1. The summed E-state index contributed by atoms with van der Waals surface area (Å²) in [6.07, 6.45) is 0. The van der Waals surface area contributed by atoms with E-state index < -0.39 is 0 Å². The zero-order valence-corrected chi connectivity index (χ0v) is 17.6. The Morgan fingerprint density at radius 3 is 2.64 bits per heavy atom. The Balaban J connectivity index is 1.80. The molecule has 0 atom stereocenters. The molecule has 144 valence electrons. The maximum absolute atomic E-state index is 12.7. The van der Waals surface area contributed by atoms with Gasteiger partial charge < -0.3 is 10.2 Å². The molecular formula is C21H21N3O2S2. The number of thioether (sulfide) groups is 1. The van der Waals surface area contributed by atoms with E-state index in [0.29, 0.717) is 16.3 Å². The van der Waals surface area contributed by atoms with Crippen molar-refractivity contribution in [3.05, 3.63) is 57.8 Å². The molecule has 0 fully saturated rings. The fourth-order valence-corrected chi connectivity index (χ4v) is 4.85. The van der Waals surface area contributed by atoms with E-state index in [2.05, 4.69) is 11.4 Å². The van der Waals surface area contributed by atoms with E-state index in [1.54, 1.807) is 0 Å². The fourth-order valence-electron chi connectivity index (χ4n) is 2.90. The van der Waals surface area contributed by atoms with Gasteiger partial charge in [0.25, 0.3) is 0 Å². The molecule has 0 bridgehead atoms. The third-order valence-electron chi connectivity index (χ3n) is 4.33. The number of amides is 2. The lowest BCUT2D eigenvalue weighted by molar-refractivity contribution is -0.129. The van der Waals surface area contributed by atoms with Crippen LogP contribution >= 0.6 is 23.1 Å². The van der Waals surface area contributed by atoms with Gasteiger partial charge in [-0.2, -0.15) is 5.26 Å². The standard InChI is InChI=1S/C21H21N3O2S2/c1-21(2,3)16-11-28-20(15(16)9-22)23-18(25)10-24-17(12-27-13-19(24)26)14-7-5-4-6-8-14/h4-8,11-12H,10,13H2,1-3H3,(H,23,25). The third kappa shape index (κ3) is 4.29. The first-order valence-corrected chi connectivity index (χ1v) is 10.7. The largest absolute Gasteiger partial charge is 0.315 e. The summed E-state index contributed by atoms with van der Waals surface area (Å²) in [5.41, 5.74) is 2.82. The Kier molecular flexibility index (Phi) is 5.92. The zero-order chi connectivity index (χ0) is 20.3. The van der Waals surface area contributed by atoms with E-state index in [9.17, 15) is 14.9 Å². The first kappa shape index (κ1) is 20.2. The fraction of sp³-hybridized carbons (Fsp3) is 0.286. The predicted molar refractivity (Wildman–Crippen MR) is 115 cm³/mol. The lowest BCUT2D eigenvalue weighted by Crippen LogP contribution is -2.39. The van der Waals surface area contributed by atoms with Gasteiger partial charge in [-0.3, -0.25) is 9.59 Å². The Hall–Kier alpha value is -2.56. The van der Waals surface area contributed by atoms with Crippen molar-refractivity contribution in [2.24, 2.45) is 0 Å². The molecule has 1 aromatic heterocycles. The predicted octanol–water partition coefficient (Wildman–Crippen LogP) is 4.43. The highest BCUT2D eigenvalue weighted by atomic mass is 32.2. The van der Waals surface area contributed by atoms with Crippen LogP contribution in [0, 0.1) is 11.3 Å². The number of carbonyl (C=O) groups excluding carboxylic acids is 2. The van der Waals surface area contributed by atoms with E-state index in [4.69, 9.17) is 0 Å². The molecule has 1 aliphatic heterocycles. The summed E-state index contributed by atoms with van der Waals surface area (Å²) in [4.78, 5) is 26.7. The SMILES string of the molecule is CC(C)(C)c1csc(NC(=O)CN2C(=O)CSC=C2c2ccccc2)c1C#N. The van der Waals surface area contributed by atoms with E-state index in [0.717, 1.165) is 16.8 Å². The second-order valence-electron chi connectivity index (χ2n) is 7.42. The quantitative estimate of drug-likeness (QED) is 0.808. The van der Waals surface area contributed by atoms with Crippen LogP contribution in [-0.4, -0.2) is 29.0 Å². The first-order valence-electron chi connectivity index (χ1n) is 8.80. The Morgan fingerprint density at radius 2 is 2.00 bits per heavy atom. The summed E-state index contributed by atoms with van der Waals surface area (Å²) in [6, 6.07) is 11.7. The average Bonchev–Trinajstić information content (AvgIpc) is 3.07. The summed E-state index contributed by atoms with van der Waals surface area (Å²) in [5.74, 6) is -0.121. The molecule has 5 nitrogen and oxygen atoms in total. The number of anilines is 1. The third-order valence-corrected chi connectivity index (χ3v) is 6.03. The number of nitrogens with zero attached hydrogens (tertiary/aromatic N) is 2. The van der Waals surface area contributed by atoms with Crippen molar-refractivity contribution in [1.29, 1.82) is 5.26 Å². The lowest BCUT2D eigenvalue weighted by atomic mass is 9.86. The molecule has 0 unspecified atom stereocenters. The Bertz CT molecular complexity index is 966. The van der Waals surface area contributed by atoms with Crippen LogP contribution in [0.15, 0.2) is 41.1 Å². The van der Waals surface area contributed by atoms with Gasteiger partial charge in [0, 0.05) is 0 Å². The molecule has 2 aromatic rings. The van der Waals surface area contributed by atoms with Gasteiger partial charge in [0.1, 0.15) is 17.6 Å². The minimum atomic E-state index is -0.319. The maximum atomic E-state index is 12.7. The zero-order valence-electron chi connectivity index (χ0n) is 16.0. The van der Waals surface area contributed by atoms with Crippen LogP contribution in [0.25, 0.3) is 5.70 Å². The summed E-state index contributed by atoms with van der Waals surface area (Å²) < 4.78 is 0. The molecule has 0 saturated heterocycles. The minimum absolute atomic E-state index is 0.0895. The maximum Gasteiger partial charge on any atom is 0.245 e. The van der Waals surface area contributed by atoms with Crippen molar-refractivity contribution in [3.8, 4) is 6.07 Å². The number of hydrogen-bond acceptors (Lipinski definition) is 5. The smallest absolute Gasteiger partial charge is 0.245 e. The van der Waals surface area contributed by atoms with Crippen LogP contribution in [-0.2, 0) is 15.0 Å². The molecular weight excluding hydrogens is 390 g/mol. The number of rotatable bonds is 4. The molecule has 0 saturated carbocycles. The topological polar surface area (TPSA) is 73.2 Å². The molecule has 2 amide bonds. The van der Waals surface area contributed by atoms with Crippen molar-refractivity contribution < 1.29 is 9.59 Å². The van der Waals surface area contributed by atoms with Gasteiger partial charge in [0.2, 0.25) is 11.8 Å². The normalized spacial score (nSPS) is 14.4. The molecule has 1 N–H and O–H groups in total. The van der Waals surface area contributed by atoms with Crippen LogP contribution in [0.3, 0.4) is 0 Å². The van der Waals surface area contributed by atoms with Gasteiger partial charge in [-0.25, -0.2) is 0 Å². The highest BCUT2D eigenvalue weighted by molar-refractivity contribution is 8.03. The van der Waals surface area contributed by atoms with E-state index in [-0.39, 0.29) is 23.8 Å². The van der Waals surface area contributed by atoms with Gasteiger partial charge in [-0.15, -0.1) is 23.1 Å². The van der Waals surface area contributed by atoms with Crippen LogP contribution < -0.4 is 5.32 Å². The van der Waals surface area contributed by atoms with Gasteiger partial charge in [0.05, 0.1) is 17.0 Å². The number of nitriles is 1. The molecule has 1 aliphatic rings. The number of carbonyl (C=O) groups is 2. The van der Waals surface area contributed by atoms with Crippen LogP contribution in [0.5, 0.6) is 0 Å². The van der Waals surface area contributed by atoms with Crippen molar-refractivity contribution in [3.63, 3.8) is 0 Å². The van der Waals surface area contributed by atoms with E-state index >= 15 is 0 Å². The van der Waals surface area contributed by atoms with Gasteiger partial charge in [-0.1, -0.05) is 51.1 Å². The molecule has 1 aromatic carbocycles. The summed E-state index contributed by atoms with van der Waals surface area (Å²) >= 11 is 2.77. The van der Waals surface area contributed by atoms with Crippen LogP contribution in [0.1, 0.15) is 37.5 Å². The minimum Gasteiger partial charge on any atom is -0.315 e. The molecule has 28 heavy (non-hydrogen) atoms. The van der Waals surface area contributed by atoms with Gasteiger partial charge in [-0.05, 0) is 27.3 Å². The number of nitrogens with one attached hydrogen (secondary N) is 1. The average molecular weight is 412 g/mol. The van der Waals surface area contributed by atoms with E-state index in [1.165, 1.54) is 28.0 Å². The molecule has 0 aliphatic carbocycles. The first-order chi connectivity index (χ1) is 13.3. The van der Waals surface area contributed by atoms with Crippen molar-refractivity contribution >= 4 is 45.6 Å². The number of benzene rings is 1. The van der Waals surface area contributed by atoms with Crippen LogP contribution in [0.4, 0.5) is 5.00 Å². The molecule has 0 radical (unpaired) electrons. The highest BCUT2D eigenvalue weighted by Crippen LogP contribution is 2.35. The summed E-state index contributed by atoms with van der Waals surface area (Å²) in [7, 11) is 0. The molecule has 0 spiro atoms. The van der Waals surface area contributed by atoms with Gasteiger partial charge in [0.15, 0.2) is 0 Å². The molecule has 2 heterocycles. The second-order valence-corrected chi connectivity index (χ2v) is 9.16. The molecule has 7 heteroatoms. The van der Waals surface area contributed by atoms with Gasteiger partial charge >= 0.3 is 0 Å².